The van der Waals surface area contributed by atoms with Gasteiger partial charge in [0, 0.05) is 43.8 Å². The van der Waals surface area contributed by atoms with E-state index in [1.165, 1.54) is 18.5 Å². The smallest absolute Gasteiger partial charge is 0.268 e. The molecule has 1 aliphatic heterocycles. The third-order valence-electron chi connectivity index (χ3n) is 4.38. The molecule has 2 amide bonds. The van der Waals surface area contributed by atoms with Crippen LogP contribution in [0.2, 0.25) is 0 Å². The monoisotopic (exact) mass is 397 g/mol. The number of amides is 2. The van der Waals surface area contributed by atoms with E-state index in [1.807, 2.05) is 30.1 Å². The Balaban J connectivity index is 1.68. The molecular weight excluding hydrogens is 380 g/mol. The van der Waals surface area contributed by atoms with E-state index in [0.29, 0.717) is 5.56 Å². The summed E-state index contributed by atoms with van der Waals surface area (Å²) in [5, 5.41) is 11.4. The van der Waals surface area contributed by atoms with Crippen LogP contribution < -0.4 is 5.32 Å². The second kappa shape index (κ2) is 8.11. The number of aromatic nitrogens is 2. The van der Waals surface area contributed by atoms with Crippen molar-refractivity contribution >= 4 is 11.8 Å². The van der Waals surface area contributed by atoms with E-state index in [0.717, 1.165) is 10.5 Å². The van der Waals surface area contributed by atoms with Crippen LogP contribution in [0.5, 0.6) is 0 Å². The Morgan fingerprint density at radius 2 is 2.17 bits per heavy atom. The average Bonchev–Trinajstić information content (AvgIpc) is 3.26. The quantitative estimate of drug-likeness (QED) is 0.791. The minimum absolute atomic E-state index is 0.208. The van der Waals surface area contributed by atoms with E-state index in [4.69, 9.17) is 5.26 Å². The molecule has 2 aromatic rings. The summed E-state index contributed by atoms with van der Waals surface area (Å²) in [6, 6.07) is 3.77. The zero-order valence-electron chi connectivity index (χ0n) is 15.5. The lowest BCUT2D eigenvalue weighted by Crippen LogP contribution is -2.43. The summed E-state index contributed by atoms with van der Waals surface area (Å²) in [5.74, 6) is 1.36. The second-order valence-corrected chi connectivity index (χ2v) is 6.65. The molecule has 0 aliphatic carbocycles. The number of rotatable bonds is 3. The topological polar surface area (TPSA) is 91.0 Å². The Hall–Kier alpha value is -3.72. The van der Waals surface area contributed by atoms with E-state index in [9.17, 15) is 18.4 Å². The van der Waals surface area contributed by atoms with Gasteiger partial charge in [0.15, 0.2) is 0 Å². The lowest BCUT2D eigenvalue weighted by atomic mass is 10.1. The molecule has 0 bridgehead atoms. The van der Waals surface area contributed by atoms with Crippen LogP contribution in [0.4, 0.5) is 8.78 Å². The molecule has 0 unspecified atom stereocenters. The Morgan fingerprint density at radius 3 is 2.86 bits per heavy atom. The van der Waals surface area contributed by atoms with Gasteiger partial charge in [0.05, 0.1) is 30.3 Å². The third kappa shape index (κ3) is 4.77. The number of carbonyl (C=O) groups is 2. The lowest BCUT2D eigenvalue weighted by molar-refractivity contribution is -0.131. The van der Waals surface area contributed by atoms with Crippen molar-refractivity contribution in [3.05, 3.63) is 53.6 Å². The molecule has 1 fully saturated rings. The van der Waals surface area contributed by atoms with E-state index in [2.05, 4.69) is 22.1 Å². The van der Waals surface area contributed by atoms with Crippen molar-refractivity contribution in [2.75, 3.05) is 13.1 Å². The Morgan fingerprint density at radius 1 is 1.38 bits per heavy atom. The predicted molar refractivity (Wildman–Crippen MR) is 98.6 cm³/mol. The highest BCUT2D eigenvalue weighted by Crippen LogP contribution is 2.31. The third-order valence-corrected chi connectivity index (χ3v) is 4.38. The van der Waals surface area contributed by atoms with Crippen LogP contribution in [0.25, 0.3) is 0 Å². The number of hydrogen-bond donors (Lipinski definition) is 1. The fourth-order valence-corrected chi connectivity index (χ4v) is 2.96. The van der Waals surface area contributed by atoms with Gasteiger partial charge in [-0.05, 0) is 12.1 Å². The highest BCUT2D eigenvalue weighted by atomic mass is 19.3. The van der Waals surface area contributed by atoms with Crippen LogP contribution in [0.3, 0.4) is 0 Å². The molecule has 2 aromatic heterocycles. The first-order chi connectivity index (χ1) is 13.8. The molecular formula is C20H17F2N5O2. The summed E-state index contributed by atoms with van der Waals surface area (Å²) < 4.78 is 28.8. The number of hydrogen-bond acceptors (Lipinski definition) is 4. The average molecular weight is 397 g/mol. The second-order valence-electron chi connectivity index (χ2n) is 6.65. The highest BCUT2D eigenvalue weighted by Gasteiger charge is 2.47. The Labute approximate surface area is 165 Å². The number of aryl methyl sites for hydroxylation is 1. The summed E-state index contributed by atoms with van der Waals surface area (Å²) in [7, 11) is 1.86. The normalized spacial score (nSPS) is 17.2. The molecule has 0 saturated carbocycles. The van der Waals surface area contributed by atoms with Gasteiger partial charge in [-0.25, -0.2) is 8.78 Å². The van der Waals surface area contributed by atoms with Crippen LogP contribution in [-0.4, -0.2) is 51.3 Å². The van der Waals surface area contributed by atoms with Gasteiger partial charge in [0.2, 0.25) is 5.91 Å². The van der Waals surface area contributed by atoms with Crippen molar-refractivity contribution in [1.82, 2.24) is 19.8 Å². The van der Waals surface area contributed by atoms with Gasteiger partial charge in [0.1, 0.15) is 6.04 Å². The maximum Gasteiger partial charge on any atom is 0.268 e. The minimum Gasteiger partial charge on any atom is -0.356 e. The highest BCUT2D eigenvalue weighted by molar-refractivity contribution is 5.98. The fourth-order valence-electron chi connectivity index (χ4n) is 2.96. The molecule has 1 N–H and O–H groups in total. The van der Waals surface area contributed by atoms with Gasteiger partial charge in [-0.15, -0.1) is 0 Å². The first kappa shape index (κ1) is 20.0. The number of likely N-dealkylation sites (tertiary alicyclic amines) is 1. The molecule has 0 radical (unpaired) electrons. The summed E-state index contributed by atoms with van der Waals surface area (Å²) in [6.07, 6.45) is 5.80. The minimum atomic E-state index is -3.11. The predicted octanol–water partition coefficient (Wildman–Crippen LogP) is 1.31. The van der Waals surface area contributed by atoms with E-state index in [1.54, 1.807) is 6.07 Å². The summed E-state index contributed by atoms with van der Waals surface area (Å²) in [6.45, 7) is -1.33. The SMILES string of the molecule is Cn1ccc(C#Cc2cnccc2C(=O)NCC(=O)N2CC(F)(F)C[C@H]2C#N)c1. The van der Waals surface area contributed by atoms with Gasteiger partial charge in [-0.1, -0.05) is 11.8 Å². The van der Waals surface area contributed by atoms with E-state index < -0.39 is 43.3 Å². The number of carbonyl (C=O) groups excluding carboxylic acids is 2. The van der Waals surface area contributed by atoms with E-state index >= 15 is 0 Å². The first-order valence-electron chi connectivity index (χ1n) is 8.72. The number of alkyl halides is 2. The van der Waals surface area contributed by atoms with Gasteiger partial charge in [-0.2, -0.15) is 5.26 Å². The number of nitriles is 1. The van der Waals surface area contributed by atoms with Crippen molar-refractivity contribution in [2.24, 2.45) is 7.05 Å². The maximum atomic E-state index is 13.5. The lowest BCUT2D eigenvalue weighted by Gasteiger charge is -2.19. The molecule has 148 valence electrons. The Kier molecular flexibility index (Phi) is 5.60. The van der Waals surface area contributed by atoms with Gasteiger partial charge < -0.3 is 14.8 Å². The van der Waals surface area contributed by atoms with E-state index in [-0.39, 0.29) is 5.56 Å². The van der Waals surface area contributed by atoms with Crippen LogP contribution in [0.1, 0.15) is 27.9 Å². The van der Waals surface area contributed by atoms with Gasteiger partial charge in [0.25, 0.3) is 11.8 Å². The number of halogens is 2. The standard InChI is InChI=1S/C20H17F2N5O2/c1-26-7-5-14(12-26)2-3-15-10-24-6-4-17(15)19(29)25-11-18(28)27-13-20(21,22)8-16(27)9-23/h4-7,10,12,16H,8,11,13H2,1H3,(H,25,29)/t16-/m0/s1. The molecule has 1 aliphatic rings. The Bertz CT molecular complexity index is 1040. The molecule has 29 heavy (non-hydrogen) atoms. The number of nitrogens with zero attached hydrogens (tertiary/aromatic N) is 4. The van der Waals surface area contributed by atoms with Crippen LogP contribution in [0, 0.1) is 23.2 Å². The molecule has 0 spiro atoms. The van der Waals surface area contributed by atoms with Crippen LogP contribution in [-0.2, 0) is 11.8 Å². The van der Waals surface area contributed by atoms with Crippen molar-refractivity contribution in [2.45, 2.75) is 18.4 Å². The van der Waals surface area contributed by atoms with Gasteiger partial charge in [-0.3, -0.25) is 14.6 Å². The summed E-state index contributed by atoms with van der Waals surface area (Å²) >= 11 is 0. The zero-order valence-corrected chi connectivity index (χ0v) is 15.5. The maximum absolute atomic E-state index is 13.5. The van der Waals surface area contributed by atoms with Crippen molar-refractivity contribution in [3.63, 3.8) is 0 Å². The largest absolute Gasteiger partial charge is 0.356 e. The molecule has 1 atom stereocenters. The molecule has 7 nitrogen and oxygen atoms in total. The fraction of sp³-hybridized carbons (Fsp3) is 0.300. The van der Waals surface area contributed by atoms with Crippen LogP contribution in [0.15, 0.2) is 36.9 Å². The summed E-state index contributed by atoms with van der Waals surface area (Å²) in [4.78, 5) is 29.5. The van der Waals surface area contributed by atoms with Crippen molar-refractivity contribution in [3.8, 4) is 17.9 Å². The van der Waals surface area contributed by atoms with Crippen LogP contribution >= 0.6 is 0 Å². The molecule has 3 rings (SSSR count). The molecule has 9 heteroatoms. The number of nitrogens with one attached hydrogen (secondary N) is 1. The van der Waals surface area contributed by atoms with Crippen molar-refractivity contribution < 1.29 is 18.4 Å². The number of pyridine rings is 1. The first-order valence-corrected chi connectivity index (χ1v) is 8.72. The molecule has 0 aromatic carbocycles. The molecule has 1 saturated heterocycles. The van der Waals surface area contributed by atoms with Crippen molar-refractivity contribution in [1.29, 1.82) is 5.26 Å². The van der Waals surface area contributed by atoms with Gasteiger partial charge >= 0.3 is 0 Å². The molecule has 3 heterocycles. The summed E-state index contributed by atoms with van der Waals surface area (Å²) in [5.41, 5.74) is 1.33. The zero-order chi connectivity index (χ0) is 21.0.